The molecule has 2 heterocycles. The first kappa shape index (κ1) is 15.8. The summed E-state index contributed by atoms with van der Waals surface area (Å²) in [5.41, 5.74) is 1.36. The zero-order chi connectivity index (χ0) is 17.8. The first-order valence-corrected chi connectivity index (χ1v) is 9.45. The lowest BCUT2D eigenvalue weighted by Crippen LogP contribution is -2.23. The Balaban J connectivity index is 1.57. The van der Waals surface area contributed by atoms with Gasteiger partial charge in [-0.15, -0.1) is 10.2 Å². The largest absolute Gasteiger partial charge is 0.453 e. The minimum absolute atomic E-state index is 0.0475. The van der Waals surface area contributed by atoms with E-state index in [1.807, 2.05) is 36.5 Å². The molecule has 5 rings (SSSR count). The Morgan fingerprint density at radius 2 is 1.81 bits per heavy atom. The van der Waals surface area contributed by atoms with Crippen LogP contribution in [0.1, 0.15) is 50.4 Å². The molecule has 5 heteroatoms. The summed E-state index contributed by atoms with van der Waals surface area (Å²) in [4.78, 5) is 0. The van der Waals surface area contributed by atoms with Gasteiger partial charge in [-0.25, -0.2) is 0 Å². The molecule has 0 saturated heterocycles. The van der Waals surface area contributed by atoms with Crippen molar-refractivity contribution in [1.29, 1.82) is 0 Å². The molecule has 1 N–H and O–H groups in total. The summed E-state index contributed by atoms with van der Waals surface area (Å²) in [6, 6.07) is 12.0. The number of hydrogen-bond donors (Lipinski definition) is 1. The molecule has 0 spiro atoms. The van der Waals surface area contributed by atoms with Crippen LogP contribution >= 0.6 is 0 Å². The van der Waals surface area contributed by atoms with E-state index in [1.165, 1.54) is 5.56 Å². The van der Waals surface area contributed by atoms with Gasteiger partial charge in [0.25, 0.3) is 0 Å². The third-order valence-electron chi connectivity index (χ3n) is 6.25. The monoisotopic (exact) mass is 349 g/mol. The number of hydrogen-bond acceptors (Lipinski definition) is 4. The van der Waals surface area contributed by atoms with Crippen LogP contribution in [0.15, 0.2) is 42.6 Å². The highest BCUT2D eigenvalue weighted by Crippen LogP contribution is 2.57. The van der Waals surface area contributed by atoms with Crippen LogP contribution < -0.4 is 4.74 Å². The quantitative estimate of drug-likeness (QED) is 0.772. The molecule has 0 radical (unpaired) electrons. The van der Waals surface area contributed by atoms with Crippen molar-refractivity contribution < 1.29 is 9.84 Å². The molecule has 0 atom stereocenters. The highest BCUT2D eigenvalue weighted by atomic mass is 16.5. The van der Waals surface area contributed by atoms with Crippen molar-refractivity contribution in [2.24, 2.45) is 0 Å². The van der Waals surface area contributed by atoms with Gasteiger partial charge in [-0.3, -0.25) is 4.40 Å². The number of para-hydroxylation sites is 1. The van der Waals surface area contributed by atoms with E-state index in [1.54, 1.807) is 0 Å². The number of aromatic nitrogens is 3. The topological polar surface area (TPSA) is 59.7 Å². The van der Waals surface area contributed by atoms with E-state index in [2.05, 4.69) is 27.6 Å². The average molecular weight is 349 g/mol. The molecule has 5 nitrogen and oxygen atoms in total. The third kappa shape index (κ3) is 2.27. The van der Waals surface area contributed by atoms with Crippen LogP contribution in [0.25, 0.3) is 5.65 Å². The molecular formula is C21H23N3O2. The number of aliphatic hydroxyl groups is 1. The van der Waals surface area contributed by atoms with Crippen LogP contribution in [0.2, 0.25) is 0 Å². The van der Waals surface area contributed by atoms with Gasteiger partial charge in [0.15, 0.2) is 5.75 Å². The highest BCUT2D eigenvalue weighted by molar-refractivity contribution is 5.56. The van der Waals surface area contributed by atoms with E-state index < -0.39 is 5.60 Å². The lowest BCUT2D eigenvalue weighted by atomic mass is 9.83. The van der Waals surface area contributed by atoms with Crippen molar-refractivity contribution >= 4 is 5.65 Å². The molecule has 0 amide bonds. The summed E-state index contributed by atoms with van der Waals surface area (Å²) in [6.45, 7) is 2.12. The van der Waals surface area contributed by atoms with Gasteiger partial charge in [0, 0.05) is 11.6 Å². The summed E-state index contributed by atoms with van der Waals surface area (Å²) in [7, 11) is 0. The standard InChI is InChI=1S/C21H23N3O2/c1-2-15-6-3-4-7-16(15)26-17-8-5-13-24-18(17)22-23-19(24)20-9-11-21(25,14-20)12-10-20/h3-8,13,25H,2,9-12,14H2,1H3. The molecule has 0 aliphatic heterocycles. The number of benzene rings is 1. The van der Waals surface area contributed by atoms with Gasteiger partial charge >= 0.3 is 0 Å². The van der Waals surface area contributed by atoms with Crippen LogP contribution in [-0.4, -0.2) is 25.3 Å². The second kappa shape index (κ2) is 5.55. The summed E-state index contributed by atoms with van der Waals surface area (Å²) in [5, 5.41) is 19.6. The molecule has 2 bridgehead atoms. The zero-order valence-electron chi connectivity index (χ0n) is 15.0. The minimum atomic E-state index is -0.500. The van der Waals surface area contributed by atoms with Crippen LogP contribution in [0.3, 0.4) is 0 Å². The molecule has 1 aromatic carbocycles. The van der Waals surface area contributed by atoms with Crippen LogP contribution in [0, 0.1) is 0 Å². The maximum absolute atomic E-state index is 10.6. The minimum Gasteiger partial charge on any atom is -0.453 e. The number of fused-ring (bicyclic) bond motifs is 3. The maximum Gasteiger partial charge on any atom is 0.203 e. The van der Waals surface area contributed by atoms with Crippen LogP contribution in [-0.2, 0) is 11.8 Å². The molecule has 2 saturated carbocycles. The predicted molar refractivity (Wildman–Crippen MR) is 98.6 cm³/mol. The number of rotatable bonds is 4. The predicted octanol–water partition coefficient (Wildman–Crippen LogP) is 4.03. The molecule has 0 unspecified atom stereocenters. The Labute approximate surface area is 152 Å². The van der Waals surface area contributed by atoms with Crippen molar-refractivity contribution in [2.75, 3.05) is 0 Å². The third-order valence-corrected chi connectivity index (χ3v) is 6.25. The fourth-order valence-corrected chi connectivity index (χ4v) is 4.83. The maximum atomic E-state index is 10.6. The fraction of sp³-hybridized carbons (Fsp3) is 0.429. The van der Waals surface area contributed by atoms with Gasteiger partial charge in [-0.1, -0.05) is 25.1 Å². The normalized spacial score (nSPS) is 27.3. The lowest BCUT2D eigenvalue weighted by Gasteiger charge is -2.24. The molecular weight excluding hydrogens is 326 g/mol. The van der Waals surface area contributed by atoms with Gasteiger partial charge in [0.1, 0.15) is 11.6 Å². The van der Waals surface area contributed by atoms with Gasteiger partial charge < -0.3 is 9.84 Å². The van der Waals surface area contributed by atoms with E-state index in [-0.39, 0.29) is 5.41 Å². The Morgan fingerprint density at radius 1 is 1.04 bits per heavy atom. The Bertz CT molecular complexity index is 970. The number of ether oxygens (including phenoxy) is 1. The van der Waals surface area contributed by atoms with E-state index in [0.29, 0.717) is 0 Å². The van der Waals surface area contributed by atoms with Crippen LogP contribution in [0.5, 0.6) is 11.5 Å². The summed E-state index contributed by atoms with van der Waals surface area (Å²) >= 11 is 0. The van der Waals surface area contributed by atoms with E-state index in [4.69, 9.17) is 4.74 Å². The zero-order valence-corrected chi connectivity index (χ0v) is 15.0. The first-order chi connectivity index (χ1) is 12.6. The molecule has 2 fully saturated rings. The highest BCUT2D eigenvalue weighted by Gasteiger charge is 2.56. The van der Waals surface area contributed by atoms with Gasteiger partial charge in [-0.2, -0.15) is 0 Å². The fourth-order valence-electron chi connectivity index (χ4n) is 4.83. The summed E-state index contributed by atoms with van der Waals surface area (Å²) in [5.74, 6) is 2.55. The molecule has 3 aromatic rings. The SMILES string of the molecule is CCc1ccccc1Oc1cccn2c(C34CCC(O)(CC3)C4)nnc12. The molecule has 2 aromatic heterocycles. The second-order valence-electron chi connectivity index (χ2n) is 7.83. The van der Waals surface area contributed by atoms with Crippen molar-refractivity contribution in [3.05, 3.63) is 54.0 Å². The van der Waals surface area contributed by atoms with E-state index in [0.717, 1.165) is 61.5 Å². The smallest absolute Gasteiger partial charge is 0.203 e. The number of pyridine rings is 1. The van der Waals surface area contributed by atoms with Gasteiger partial charge in [0.05, 0.1) is 5.60 Å². The second-order valence-corrected chi connectivity index (χ2v) is 7.83. The molecule has 2 aliphatic carbocycles. The van der Waals surface area contributed by atoms with Crippen molar-refractivity contribution in [1.82, 2.24) is 14.6 Å². The van der Waals surface area contributed by atoms with E-state index >= 15 is 0 Å². The Hall–Kier alpha value is -2.40. The summed E-state index contributed by atoms with van der Waals surface area (Å²) < 4.78 is 8.27. The Morgan fingerprint density at radius 3 is 2.54 bits per heavy atom. The molecule has 134 valence electrons. The van der Waals surface area contributed by atoms with Crippen LogP contribution in [0.4, 0.5) is 0 Å². The van der Waals surface area contributed by atoms with Crippen molar-refractivity contribution in [2.45, 2.75) is 56.5 Å². The van der Waals surface area contributed by atoms with Crippen molar-refractivity contribution in [3.63, 3.8) is 0 Å². The van der Waals surface area contributed by atoms with E-state index in [9.17, 15) is 5.11 Å². The molecule has 26 heavy (non-hydrogen) atoms. The first-order valence-electron chi connectivity index (χ1n) is 9.45. The average Bonchev–Trinajstić information content (AvgIpc) is 3.33. The van der Waals surface area contributed by atoms with Gasteiger partial charge in [-0.05, 0) is 62.3 Å². The Kier molecular flexibility index (Phi) is 3.38. The molecule has 2 aliphatic rings. The summed E-state index contributed by atoms with van der Waals surface area (Å²) in [6.07, 6.45) is 7.41. The van der Waals surface area contributed by atoms with Gasteiger partial charge in [0.2, 0.25) is 5.65 Å². The lowest BCUT2D eigenvalue weighted by molar-refractivity contribution is 0.0521. The number of aryl methyl sites for hydroxylation is 1. The number of nitrogens with zero attached hydrogens (tertiary/aromatic N) is 3. The van der Waals surface area contributed by atoms with Crippen molar-refractivity contribution in [3.8, 4) is 11.5 Å².